The minimum absolute atomic E-state index is 0.150. The minimum atomic E-state index is -0.150. The Labute approximate surface area is 163 Å². The van der Waals surface area contributed by atoms with E-state index in [0.29, 0.717) is 31.1 Å². The van der Waals surface area contributed by atoms with Gasteiger partial charge in [-0.2, -0.15) is 0 Å². The zero-order valence-electron chi connectivity index (χ0n) is 15.3. The molecular weight excluding hydrogens is 358 g/mol. The van der Waals surface area contributed by atoms with Crippen LogP contribution in [-0.4, -0.2) is 29.1 Å². The van der Waals surface area contributed by atoms with Crippen molar-refractivity contribution in [2.75, 3.05) is 18.5 Å². The first-order valence-electron chi connectivity index (χ1n) is 8.95. The van der Waals surface area contributed by atoms with Gasteiger partial charge in [-0.3, -0.25) is 4.98 Å². The van der Waals surface area contributed by atoms with Crippen LogP contribution in [-0.2, 0) is 13.0 Å². The highest BCUT2D eigenvalue weighted by Crippen LogP contribution is 2.24. The van der Waals surface area contributed by atoms with E-state index >= 15 is 0 Å². The average Bonchev–Trinajstić information content (AvgIpc) is 3.21. The van der Waals surface area contributed by atoms with Crippen LogP contribution in [0.1, 0.15) is 17.4 Å². The van der Waals surface area contributed by atoms with Gasteiger partial charge in [0.2, 0.25) is 0 Å². The molecule has 140 valence electrons. The van der Waals surface area contributed by atoms with Crippen molar-refractivity contribution >= 4 is 23.1 Å². The van der Waals surface area contributed by atoms with Crippen LogP contribution in [0.3, 0.4) is 0 Å². The number of amides is 2. The third kappa shape index (κ3) is 5.56. The molecule has 0 spiro atoms. The highest BCUT2D eigenvalue weighted by atomic mass is 32.1. The number of nitrogens with zero attached hydrogens (tertiary/aromatic N) is 2. The summed E-state index contributed by atoms with van der Waals surface area (Å²) in [5.41, 5.74) is 1.67. The molecule has 1 N–H and O–H groups in total. The zero-order chi connectivity index (χ0) is 18.9. The van der Waals surface area contributed by atoms with Gasteiger partial charge in [0.1, 0.15) is 5.75 Å². The SMILES string of the molecule is CCOc1ccccc1NC(=O)N(CCc1cccs1)Cc1cccnc1. The molecule has 0 fully saturated rings. The van der Waals surface area contributed by atoms with Gasteiger partial charge in [-0.15, -0.1) is 11.3 Å². The molecule has 0 aliphatic heterocycles. The number of benzene rings is 1. The summed E-state index contributed by atoms with van der Waals surface area (Å²) < 4.78 is 5.61. The van der Waals surface area contributed by atoms with Crippen LogP contribution in [0.5, 0.6) is 5.75 Å². The molecule has 5 nitrogen and oxygen atoms in total. The summed E-state index contributed by atoms with van der Waals surface area (Å²) in [6, 6.07) is 15.3. The van der Waals surface area contributed by atoms with Crippen molar-refractivity contribution in [3.63, 3.8) is 0 Å². The van der Waals surface area contributed by atoms with E-state index in [1.54, 1.807) is 28.6 Å². The standard InChI is InChI=1S/C21H23N3O2S/c1-2-26-20-10-4-3-9-19(20)23-21(25)24(13-11-18-8-6-14-27-18)16-17-7-5-12-22-15-17/h3-10,12,14-15H,2,11,13,16H2,1H3,(H,23,25). The molecule has 2 amide bonds. The van der Waals surface area contributed by atoms with E-state index in [0.717, 1.165) is 12.0 Å². The Kier molecular flexibility index (Phi) is 6.82. The fraction of sp³-hybridized carbons (Fsp3) is 0.238. The van der Waals surface area contributed by atoms with Crippen LogP contribution >= 0.6 is 11.3 Å². The monoisotopic (exact) mass is 381 g/mol. The van der Waals surface area contributed by atoms with Gasteiger partial charge in [0.25, 0.3) is 0 Å². The number of anilines is 1. The summed E-state index contributed by atoms with van der Waals surface area (Å²) in [4.78, 5) is 20.2. The lowest BCUT2D eigenvalue weighted by molar-refractivity contribution is 0.209. The van der Waals surface area contributed by atoms with Gasteiger partial charge in [-0.05, 0) is 48.6 Å². The van der Waals surface area contributed by atoms with E-state index in [9.17, 15) is 4.79 Å². The van der Waals surface area contributed by atoms with E-state index in [1.165, 1.54) is 4.88 Å². The van der Waals surface area contributed by atoms with Gasteiger partial charge >= 0.3 is 6.03 Å². The van der Waals surface area contributed by atoms with Crippen LogP contribution in [0.25, 0.3) is 0 Å². The molecule has 0 aliphatic rings. The van der Waals surface area contributed by atoms with E-state index < -0.39 is 0 Å². The Balaban J connectivity index is 1.73. The Bertz CT molecular complexity index is 838. The molecule has 0 saturated carbocycles. The summed E-state index contributed by atoms with van der Waals surface area (Å²) >= 11 is 1.71. The number of nitrogens with one attached hydrogen (secondary N) is 1. The molecule has 0 saturated heterocycles. The minimum Gasteiger partial charge on any atom is -0.492 e. The van der Waals surface area contributed by atoms with Crippen LogP contribution in [0.15, 0.2) is 66.3 Å². The first-order valence-corrected chi connectivity index (χ1v) is 9.83. The lowest BCUT2D eigenvalue weighted by Gasteiger charge is -2.23. The summed E-state index contributed by atoms with van der Waals surface area (Å²) in [5, 5.41) is 5.05. The molecule has 0 bridgehead atoms. The molecule has 2 aromatic heterocycles. The van der Waals surface area contributed by atoms with Crippen molar-refractivity contribution in [1.82, 2.24) is 9.88 Å². The normalized spacial score (nSPS) is 10.4. The summed E-state index contributed by atoms with van der Waals surface area (Å²) in [5.74, 6) is 0.674. The molecule has 1 aromatic carbocycles. The Morgan fingerprint density at radius 1 is 1.19 bits per heavy atom. The first-order chi connectivity index (χ1) is 13.3. The predicted octanol–water partition coefficient (Wildman–Crippen LogP) is 4.82. The lowest BCUT2D eigenvalue weighted by Crippen LogP contribution is -2.36. The Morgan fingerprint density at radius 3 is 2.81 bits per heavy atom. The maximum atomic E-state index is 13.0. The molecule has 3 aromatic rings. The lowest BCUT2D eigenvalue weighted by atomic mass is 10.2. The molecule has 3 rings (SSSR count). The number of thiophene rings is 1. The zero-order valence-corrected chi connectivity index (χ0v) is 16.1. The van der Waals surface area contributed by atoms with Gasteiger partial charge in [-0.25, -0.2) is 4.79 Å². The topological polar surface area (TPSA) is 54.5 Å². The maximum Gasteiger partial charge on any atom is 0.322 e. The average molecular weight is 382 g/mol. The van der Waals surface area contributed by atoms with Crippen LogP contribution < -0.4 is 10.1 Å². The van der Waals surface area contributed by atoms with Crippen LogP contribution in [0.2, 0.25) is 0 Å². The van der Waals surface area contributed by atoms with Crippen molar-refractivity contribution in [1.29, 1.82) is 0 Å². The number of aromatic nitrogens is 1. The summed E-state index contributed by atoms with van der Waals surface area (Å²) in [6.07, 6.45) is 4.34. The van der Waals surface area contributed by atoms with E-state index in [2.05, 4.69) is 21.7 Å². The molecule has 2 heterocycles. The number of carbonyl (C=O) groups excluding carboxylic acids is 1. The highest BCUT2D eigenvalue weighted by Gasteiger charge is 2.16. The van der Waals surface area contributed by atoms with E-state index in [-0.39, 0.29) is 6.03 Å². The largest absolute Gasteiger partial charge is 0.492 e. The molecule has 0 radical (unpaired) electrons. The third-order valence-electron chi connectivity index (χ3n) is 4.02. The van der Waals surface area contributed by atoms with Crippen molar-refractivity contribution < 1.29 is 9.53 Å². The van der Waals surface area contributed by atoms with Gasteiger partial charge < -0.3 is 15.0 Å². The number of rotatable bonds is 8. The first kappa shape index (κ1) is 18.9. The highest BCUT2D eigenvalue weighted by molar-refractivity contribution is 7.09. The second-order valence-electron chi connectivity index (χ2n) is 5.97. The van der Waals surface area contributed by atoms with Crippen molar-refractivity contribution in [2.24, 2.45) is 0 Å². The number of hydrogen-bond acceptors (Lipinski definition) is 4. The van der Waals surface area contributed by atoms with Crippen molar-refractivity contribution in [3.8, 4) is 5.75 Å². The van der Waals surface area contributed by atoms with Crippen LogP contribution in [0.4, 0.5) is 10.5 Å². The van der Waals surface area contributed by atoms with Crippen molar-refractivity contribution in [2.45, 2.75) is 19.9 Å². The number of carbonyl (C=O) groups is 1. The summed E-state index contributed by atoms with van der Waals surface area (Å²) in [6.45, 7) is 3.60. The Hall–Kier alpha value is -2.86. The fourth-order valence-corrected chi connectivity index (χ4v) is 3.41. The number of pyridine rings is 1. The van der Waals surface area contributed by atoms with Crippen molar-refractivity contribution in [3.05, 3.63) is 76.7 Å². The maximum absolute atomic E-state index is 13.0. The fourth-order valence-electron chi connectivity index (χ4n) is 2.71. The van der Waals surface area contributed by atoms with Gasteiger partial charge in [0, 0.05) is 30.4 Å². The quantitative estimate of drug-likeness (QED) is 0.609. The van der Waals surface area contributed by atoms with E-state index in [4.69, 9.17) is 4.74 Å². The molecular formula is C21H23N3O2S. The molecule has 0 unspecified atom stereocenters. The number of para-hydroxylation sites is 2. The Morgan fingerprint density at radius 2 is 2.07 bits per heavy atom. The second kappa shape index (κ2) is 9.73. The molecule has 27 heavy (non-hydrogen) atoms. The number of ether oxygens (including phenoxy) is 1. The van der Waals surface area contributed by atoms with Gasteiger partial charge in [-0.1, -0.05) is 24.3 Å². The molecule has 6 heteroatoms. The third-order valence-corrected chi connectivity index (χ3v) is 4.96. The number of hydrogen-bond donors (Lipinski definition) is 1. The summed E-state index contributed by atoms with van der Waals surface area (Å²) in [7, 11) is 0. The van der Waals surface area contributed by atoms with E-state index in [1.807, 2.05) is 49.4 Å². The smallest absolute Gasteiger partial charge is 0.322 e. The molecule has 0 aliphatic carbocycles. The second-order valence-corrected chi connectivity index (χ2v) is 7.00. The number of urea groups is 1. The molecule has 0 atom stereocenters. The van der Waals surface area contributed by atoms with Gasteiger partial charge in [0.15, 0.2) is 0 Å². The van der Waals surface area contributed by atoms with Gasteiger partial charge in [0.05, 0.1) is 12.3 Å². The van der Waals surface area contributed by atoms with Crippen LogP contribution in [0, 0.1) is 0 Å². The predicted molar refractivity (Wildman–Crippen MR) is 109 cm³/mol.